The zero-order valence-electron chi connectivity index (χ0n) is 7.44. The molecule has 64 valence electrons. The molecule has 1 saturated heterocycles. The maximum absolute atomic E-state index is 5.39. The average molecular weight is 154 g/mol. The lowest BCUT2D eigenvalue weighted by Gasteiger charge is -1.97. The summed E-state index contributed by atoms with van der Waals surface area (Å²) >= 11 is 0. The fraction of sp³-hybridized carbons (Fsp3) is 0.800. The molecule has 0 spiro atoms. The molecule has 0 bridgehead atoms. The van der Waals surface area contributed by atoms with E-state index in [9.17, 15) is 0 Å². The van der Waals surface area contributed by atoms with Crippen LogP contribution in [0.25, 0.3) is 0 Å². The number of unbranched alkanes of at least 4 members (excludes halogenated alkanes) is 3. The van der Waals surface area contributed by atoms with Crippen LogP contribution in [0.4, 0.5) is 0 Å². The van der Waals surface area contributed by atoms with Gasteiger partial charge in [-0.05, 0) is 25.3 Å². The first-order valence-corrected chi connectivity index (χ1v) is 4.75. The Hall–Kier alpha value is -0.460. The van der Waals surface area contributed by atoms with E-state index in [2.05, 4.69) is 13.0 Å². The highest BCUT2D eigenvalue weighted by molar-refractivity contribution is 4.95. The molecule has 1 rings (SSSR count). The van der Waals surface area contributed by atoms with Gasteiger partial charge < -0.3 is 4.74 Å². The quantitative estimate of drug-likeness (QED) is 0.565. The van der Waals surface area contributed by atoms with Crippen molar-refractivity contribution in [3.63, 3.8) is 0 Å². The van der Waals surface area contributed by atoms with Crippen molar-refractivity contribution in [2.75, 3.05) is 6.61 Å². The second kappa shape index (κ2) is 5.22. The first kappa shape index (κ1) is 8.63. The van der Waals surface area contributed by atoms with Gasteiger partial charge in [0.15, 0.2) is 0 Å². The topological polar surface area (TPSA) is 9.23 Å². The van der Waals surface area contributed by atoms with Gasteiger partial charge in [0.1, 0.15) is 0 Å². The van der Waals surface area contributed by atoms with Crippen molar-refractivity contribution in [1.82, 2.24) is 0 Å². The number of hydrogen-bond acceptors (Lipinski definition) is 1. The molecule has 11 heavy (non-hydrogen) atoms. The van der Waals surface area contributed by atoms with E-state index in [0.29, 0.717) is 0 Å². The Bertz CT molecular complexity index is 119. The molecular formula is C10H18O. The van der Waals surface area contributed by atoms with E-state index >= 15 is 0 Å². The second-order valence-electron chi connectivity index (χ2n) is 3.12. The van der Waals surface area contributed by atoms with Crippen molar-refractivity contribution >= 4 is 0 Å². The number of hydrogen-bond donors (Lipinski definition) is 0. The number of allylic oxidation sites excluding steroid dienone is 2. The fourth-order valence-electron chi connectivity index (χ4n) is 1.34. The van der Waals surface area contributed by atoms with Crippen LogP contribution in [0.1, 0.15) is 45.4 Å². The van der Waals surface area contributed by atoms with Crippen molar-refractivity contribution in [3.8, 4) is 0 Å². The molecule has 1 aliphatic rings. The molecule has 0 aromatic heterocycles. The van der Waals surface area contributed by atoms with Crippen molar-refractivity contribution in [3.05, 3.63) is 11.8 Å². The summed E-state index contributed by atoms with van der Waals surface area (Å²) in [6, 6.07) is 0. The molecule has 0 aliphatic carbocycles. The molecule has 1 aliphatic heterocycles. The number of rotatable bonds is 4. The zero-order chi connectivity index (χ0) is 7.94. The highest BCUT2D eigenvalue weighted by Crippen LogP contribution is 2.17. The van der Waals surface area contributed by atoms with Crippen LogP contribution in [0.15, 0.2) is 11.8 Å². The van der Waals surface area contributed by atoms with Crippen LogP contribution in [0.3, 0.4) is 0 Å². The Morgan fingerprint density at radius 3 is 3.00 bits per heavy atom. The van der Waals surface area contributed by atoms with E-state index in [1.807, 2.05) is 0 Å². The van der Waals surface area contributed by atoms with Crippen LogP contribution in [-0.4, -0.2) is 6.61 Å². The highest BCUT2D eigenvalue weighted by Gasteiger charge is 2.05. The maximum atomic E-state index is 5.39. The van der Waals surface area contributed by atoms with E-state index in [1.54, 1.807) is 0 Å². The highest BCUT2D eigenvalue weighted by atomic mass is 16.5. The van der Waals surface area contributed by atoms with Gasteiger partial charge in [-0.3, -0.25) is 0 Å². The summed E-state index contributed by atoms with van der Waals surface area (Å²) in [5.74, 6) is 1.24. The molecule has 1 fully saturated rings. The van der Waals surface area contributed by atoms with E-state index in [0.717, 1.165) is 6.61 Å². The molecule has 1 heterocycles. The molecular weight excluding hydrogens is 136 g/mol. The predicted molar refractivity (Wildman–Crippen MR) is 47.4 cm³/mol. The molecule has 0 unspecified atom stereocenters. The molecule has 0 N–H and O–H groups in total. The third-order valence-electron chi connectivity index (χ3n) is 2.03. The lowest BCUT2D eigenvalue weighted by molar-refractivity contribution is 0.262. The second-order valence-corrected chi connectivity index (χ2v) is 3.12. The molecule has 0 atom stereocenters. The summed E-state index contributed by atoms with van der Waals surface area (Å²) in [5.41, 5.74) is 0. The SMILES string of the molecule is CCCCCC=C1CCCO1. The minimum absolute atomic E-state index is 0.944. The molecule has 1 nitrogen and oxygen atoms in total. The van der Waals surface area contributed by atoms with Crippen LogP contribution >= 0.6 is 0 Å². The summed E-state index contributed by atoms with van der Waals surface area (Å²) in [7, 11) is 0. The Morgan fingerprint density at radius 1 is 1.45 bits per heavy atom. The van der Waals surface area contributed by atoms with Gasteiger partial charge in [-0.1, -0.05) is 19.8 Å². The lowest BCUT2D eigenvalue weighted by atomic mass is 10.2. The van der Waals surface area contributed by atoms with Crippen molar-refractivity contribution in [2.45, 2.75) is 45.4 Å². The normalized spacial score (nSPS) is 20.6. The zero-order valence-corrected chi connectivity index (χ0v) is 7.44. The van der Waals surface area contributed by atoms with Crippen molar-refractivity contribution in [2.24, 2.45) is 0 Å². The van der Waals surface area contributed by atoms with E-state index in [1.165, 1.54) is 44.3 Å². The monoisotopic (exact) mass is 154 g/mol. The Kier molecular flexibility index (Phi) is 4.10. The minimum Gasteiger partial charge on any atom is -0.498 e. The van der Waals surface area contributed by atoms with Crippen LogP contribution in [-0.2, 0) is 4.74 Å². The summed E-state index contributed by atoms with van der Waals surface area (Å²) in [4.78, 5) is 0. The molecule has 1 heteroatoms. The molecule has 0 aromatic carbocycles. The summed E-state index contributed by atoms with van der Waals surface area (Å²) in [6.45, 7) is 3.18. The Balaban J connectivity index is 2.03. The average Bonchev–Trinajstić information content (AvgIpc) is 2.50. The van der Waals surface area contributed by atoms with Crippen molar-refractivity contribution < 1.29 is 4.74 Å². The van der Waals surface area contributed by atoms with Gasteiger partial charge in [0.05, 0.1) is 12.4 Å². The molecule has 0 aromatic rings. The maximum Gasteiger partial charge on any atom is 0.0921 e. The first-order chi connectivity index (χ1) is 5.43. The van der Waals surface area contributed by atoms with E-state index < -0.39 is 0 Å². The van der Waals surface area contributed by atoms with Gasteiger partial charge in [-0.15, -0.1) is 0 Å². The van der Waals surface area contributed by atoms with Gasteiger partial charge >= 0.3 is 0 Å². The number of ether oxygens (including phenoxy) is 1. The molecule has 0 amide bonds. The lowest BCUT2D eigenvalue weighted by Crippen LogP contribution is -1.79. The van der Waals surface area contributed by atoms with Gasteiger partial charge in [0.25, 0.3) is 0 Å². The standard InChI is InChI=1S/C10H18O/c1-2-3-4-5-7-10-8-6-9-11-10/h7H,2-6,8-9H2,1H3. The van der Waals surface area contributed by atoms with Crippen LogP contribution in [0.2, 0.25) is 0 Å². The largest absolute Gasteiger partial charge is 0.498 e. The van der Waals surface area contributed by atoms with Gasteiger partial charge in [-0.2, -0.15) is 0 Å². The third-order valence-corrected chi connectivity index (χ3v) is 2.03. The summed E-state index contributed by atoms with van der Waals surface area (Å²) in [5, 5.41) is 0. The van der Waals surface area contributed by atoms with Crippen molar-refractivity contribution in [1.29, 1.82) is 0 Å². The van der Waals surface area contributed by atoms with E-state index in [4.69, 9.17) is 4.74 Å². The van der Waals surface area contributed by atoms with Gasteiger partial charge in [0, 0.05) is 6.42 Å². The fourth-order valence-corrected chi connectivity index (χ4v) is 1.34. The van der Waals surface area contributed by atoms with Gasteiger partial charge in [0.2, 0.25) is 0 Å². The van der Waals surface area contributed by atoms with Crippen LogP contribution in [0.5, 0.6) is 0 Å². The smallest absolute Gasteiger partial charge is 0.0921 e. The minimum atomic E-state index is 0.944. The first-order valence-electron chi connectivity index (χ1n) is 4.75. The summed E-state index contributed by atoms with van der Waals surface area (Å²) < 4.78 is 5.39. The van der Waals surface area contributed by atoms with Crippen LogP contribution in [0, 0.1) is 0 Å². The Labute approximate surface area is 69.4 Å². The van der Waals surface area contributed by atoms with Crippen LogP contribution < -0.4 is 0 Å². The molecule has 0 saturated carbocycles. The third kappa shape index (κ3) is 3.45. The Morgan fingerprint density at radius 2 is 2.36 bits per heavy atom. The summed E-state index contributed by atoms with van der Waals surface area (Å²) in [6.07, 6.45) is 9.86. The predicted octanol–water partition coefficient (Wildman–Crippen LogP) is 3.26. The van der Waals surface area contributed by atoms with Gasteiger partial charge in [-0.25, -0.2) is 0 Å². The molecule has 0 radical (unpaired) electrons. The van der Waals surface area contributed by atoms with E-state index in [-0.39, 0.29) is 0 Å².